The lowest BCUT2D eigenvalue weighted by molar-refractivity contribution is -0.0586. The second-order valence-corrected chi connectivity index (χ2v) is 6.61. The highest BCUT2D eigenvalue weighted by Gasteiger charge is 2.27. The fraction of sp³-hybridized carbons (Fsp3) is 0.381. The van der Waals surface area contributed by atoms with Crippen LogP contribution in [0.3, 0.4) is 0 Å². The molecule has 0 saturated carbocycles. The summed E-state index contributed by atoms with van der Waals surface area (Å²) in [6.45, 7) is 5.38. The van der Waals surface area contributed by atoms with Gasteiger partial charge in [-0.15, -0.1) is 0 Å². The molecule has 1 amide bonds. The summed E-state index contributed by atoms with van der Waals surface area (Å²) >= 11 is 0. The van der Waals surface area contributed by atoms with Crippen molar-refractivity contribution >= 4 is 5.91 Å². The van der Waals surface area contributed by atoms with E-state index >= 15 is 0 Å². The maximum Gasteiger partial charge on any atom is 0.254 e. The number of rotatable bonds is 4. The SMILES string of the molecule is C[C@H]1CN(C(=O)c2ccccc2CCc2ccccc2)C[C@H](C)O1. The molecule has 3 nitrogen and oxygen atoms in total. The number of amides is 1. The summed E-state index contributed by atoms with van der Waals surface area (Å²) in [5.41, 5.74) is 3.25. The monoisotopic (exact) mass is 323 g/mol. The van der Waals surface area contributed by atoms with Crippen molar-refractivity contribution in [2.45, 2.75) is 38.9 Å². The fourth-order valence-corrected chi connectivity index (χ4v) is 3.38. The molecule has 1 aliphatic rings. The van der Waals surface area contributed by atoms with Crippen molar-refractivity contribution in [3.8, 4) is 0 Å². The largest absolute Gasteiger partial charge is 0.372 e. The topological polar surface area (TPSA) is 29.5 Å². The van der Waals surface area contributed by atoms with Gasteiger partial charge in [0.05, 0.1) is 12.2 Å². The van der Waals surface area contributed by atoms with Gasteiger partial charge in [-0.2, -0.15) is 0 Å². The van der Waals surface area contributed by atoms with E-state index in [4.69, 9.17) is 4.74 Å². The summed E-state index contributed by atoms with van der Waals surface area (Å²) in [5, 5.41) is 0. The van der Waals surface area contributed by atoms with Crippen molar-refractivity contribution in [1.29, 1.82) is 0 Å². The second-order valence-electron chi connectivity index (χ2n) is 6.61. The predicted molar refractivity (Wildman–Crippen MR) is 96.2 cm³/mol. The third kappa shape index (κ3) is 4.04. The van der Waals surface area contributed by atoms with Gasteiger partial charge in [0, 0.05) is 18.7 Å². The minimum absolute atomic E-state index is 0.0918. The molecule has 0 aliphatic carbocycles. The Morgan fingerprint density at radius 3 is 2.29 bits per heavy atom. The predicted octanol–water partition coefficient (Wildman–Crippen LogP) is 3.72. The number of carbonyl (C=O) groups excluding carboxylic acids is 1. The van der Waals surface area contributed by atoms with Gasteiger partial charge in [0.1, 0.15) is 0 Å². The third-order valence-corrected chi connectivity index (χ3v) is 4.48. The number of benzene rings is 2. The Bertz CT molecular complexity index is 673. The highest BCUT2D eigenvalue weighted by molar-refractivity contribution is 5.95. The Labute approximate surface area is 144 Å². The zero-order valence-corrected chi connectivity index (χ0v) is 14.4. The normalized spacial score (nSPS) is 20.8. The number of ether oxygens (including phenoxy) is 1. The van der Waals surface area contributed by atoms with E-state index in [1.807, 2.05) is 43.0 Å². The summed E-state index contributed by atoms with van der Waals surface area (Å²) in [4.78, 5) is 14.9. The van der Waals surface area contributed by atoms with Crippen LogP contribution in [0.25, 0.3) is 0 Å². The van der Waals surface area contributed by atoms with Crippen molar-refractivity contribution in [3.63, 3.8) is 0 Å². The molecule has 2 aromatic carbocycles. The lowest BCUT2D eigenvalue weighted by atomic mass is 9.98. The van der Waals surface area contributed by atoms with Gasteiger partial charge in [0.25, 0.3) is 5.91 Å². The van der Waals surface area contributed by atoms with Gasteiger partial charge >= 0.3 is 0 Å². The fourth-order valence-electron chi connectivity index (χ4n) is 3.38. The molecule has 1 saturated heterocycles. The van der Waals surface area contributed by atoms with E-state index in [9.17, 15) is 4.79 Å². The first-order chi connectivity index (χ1) is 11.6. The molecule has 2 atom stereocenters. The van der Waals surface area contributed by atoms with Gasteiger partial charge in [-0.3, -0.25) is 4.79 Å². The smallest absolute Gasteiger partial charge is 0.254 e. The van der Waals surface area contributed by atoms with Crippen LogP contribution in [0.4, 0.5) is 0 Å². The molecule has 126 valence electrons. The lowest BCUT2D eigenvalue weighted by Crippen LogP contribution is -2.48. The highest BCUT2D eigenvalue weighted by atomic mass is 16.5. The van der Waals surface area contributed by atoms with E-state index in [2.05, 4.69) is 30.3 Å². The van der Waals surface area contributed by atoms with Crippen LogP contribution in [0.1, 0.15) is 35.3 Å². The van der Waals surface area contributed by atoms with E-state index in [-0.39, 0.29) is 18.1 Å². The van der Waals surface area contributed by atoms with Crippen LogP contribution in [0.5, 0.6) is 0 Å². The first-order valence-corrected chi connectivity index (χ1v) is 8.70. The molecule has 0 spiro atoms. The van der Waals surface area contributed by atoms with E-state index in [1.54, 1.807) is 0 Å². The Kier molecular flexibility index (Phi) is 5.31. The van der Waals surface area contributed by atoms with Gasteiger partial charge in [-0.05, 0) is 43.9 Å². The van der Waals surface area contributed by atoms with Gasteiger partial charge in [-0.25, -0.2) is 0 Å². The Hall–Kier alpha value is -2.13. The van der Waals surface area contributed by atoms with E-state index in [0.717, 1.165) is 24.0 Å². The van der Waals surface area contributed by atoms with Crippen molar-refractivity contribution in [2.75, 3.05) is 13.1 Å². The average Bonchev–Trinajstić information content (AvgIpc) is 2.59. The van der Waals surface area contributed by atoms with Gasteiger partial charge in [-0.1, -0.05) is 48.5 Å². The molecular weight excluding hydrogens is 298 g/mol. The molecule has 0 aromatic heterocycles. The standard InChI is InChI=1S/C21H25NO2/c1-16-14-22(15-17(2)24-16)21(23)20-11-7-6-10-19(20)13-12-18-8-4-3-5-9-18/h3-11,16-17H,12-15H2,1-2H3/t16-,17-/m0/s1. The van der Waals surface area contributed by atoms with E-state index in [0.29, 0.717) is 13.1 Å². The zero-order valence-electron chi connectivity index (χ0n) is 14.4. The first kappa shape index (κ1) is 16.7. The van der Waals surface area contributed by atoms with Gasteiger partial charge in [0.15, 0.2) is 0 Å². The van der Waals surface area contributed by atoms with E-state index in [1.165, 1.54) is 5.56 Å². The van der Waals surface area contributed by atoms with Crippen LogP contribution >= 0.6 is 0 Å². The molecule has 1 heterocycles. The molecule has 1 aliphatic heterocycles. The number of aryl methyl sites for hydroxylation is 2. The molecule has 3 heteroatoms. The van der Waals surface area contributed by atoms with Gasteiger partial charge in [0.2, 0.25) is 0 Å². The maximum absolute atomic E-state index is 13.0. The number of nitrogens with zero attached hydrogens (tertiary/aromatic N) is 1. The summed E-state index contributed by atoms with van der Waals surface area (Å²) in [6.07, 6.45) is 2.01. The van der Waals surface area contributed by atoms with Crippen molar-refractivity contribution in [2.24, 2.45) is 0 Å². The molecule has 24 heavy (non-hydrogen) atoms. The summed E-state index contributed by atoms with van der Waals surface area (Å²) in [7, 11) is 0. The van der Waals surface area contributed by atoms with Crippen LogP contribution in [-0.4, -0.2) is 36.1 Å². The Morgan fingerprint density at radius 2 is 1.58 bits per heavy atom. The molecule has 1 fully saturated rings. The van der Waals surface area contributed by atoms with Crippen LogP contribution in [-0.2, 0) is 17.6 Å². The van der Waals surface area contributed by atoms with Crippen molar-refractivity contribution in [3.05, 3.63) is 71.3 Å². The number of carbonyl (C=O) groups is 1. The molecule has 0 bridgehead atoms. The summed E-state index contributed by atoms with van der Waals surface area (Å²) in [5.74, 6) is 0.126. The number of morpholine rings is 1. The highest BCUT2D eigenvalue weighted by Crippen LogP contribution is 2.18. The van der Waals surface area contributed by atoms with E-state index < -0.39 is 0 Å². The van der Waals surface area contributed by atoms with Crippen molar-refractivity contribution < 1.29 is 9.53 Å². The average molecular weight is 323 g/mol. The van der Waals surface area contributed by atoms with Gasteiger partial charge < -0.3 is 9.64 Å². The van der Waals surface area contributed by atoms with Crippen LogP contribution in [0.2, 0.25) is 0 Å². The summed E-state index contributed by atoms with van der Waals surface area (Å²) < 4.78 is 5.74. The van der Waals surface area contributed by atoms with Crippen LogP contribution < -0.4 is 0 Å². The van der Waals surface area contributed by atoms with Crippen molar-refractivity contribution in [1.82, 2.24) is 4.90 Å². The molecule has 0 N–H and O–H groups in total. The zero-order chi connectivity index (χ0) is 16.9. The van der Waals surface area contributed by atoms with Crippen LogP contribution in [0.15, 0.2) is 54.6 Å². The third-order valence-electron chi connectivity index (χ3n) is 4.48. The molecule has 2 aromatic rings. The molecular formula is C21H25NO2. The minimum Gasteiger partial charge on any atom is -0.372 e. The second kappa shape index (κ2) is 7.63. The van der Waals surface area contributed by atoms with Crippen LogP contribution in [0, 0.1) is 0 Å². The first-order valence-electron chi connectivity index (χ1n) is 8.70. The maximum atomic E-state index is 13.0. The quantitative estimate of drug-likeness (QED) is 0.858. The Balaban J connectivity index is 1.74. The molecule has 0 radical (unpaired) electrons. The molecule has 3 rings (SSSR count). The summed E-state index contributed by atoms with van der Waals surface area (Å²) in [6, 6.07) is 18.4. The molecule has 0 unspecified atom stereocenters. The lowest BCUT2D eigenvalue weighted by Gasteiger charge is -2.35. The minimum atomic E-state index is 0.0918. The number of hydrogen-bond donors (Lipinski definition) is 0. The number of hydrogen-bond acceptors (Lipinski definition) is 2. The Morgan fingerprint density at radius 1 is 0.958 bits per heavy atom.